The highest BCUT2D eigenvalue weighted by Gasteiger charge is 2.37. The van der Waals surface area contributed by atoms with Crippen LogP contribution in [0.15, 0.2) is 11.4 Å². The van der Waals surface area contributed by atoms with Gasteiger partial charge >= 0.3 is 0 Å². The van der Waals surface area contributed by atoms with E-state index in [-0.39, 0.29) is 5.54 Å². The lowest BCUT2D eigenvalue weighted by molar-refractivity contribution is 0.822. The molecular formula is C10H10ClN3S. The van der Waals surface area contributed by atoms with Crippen LogP contribution < -0.4 is 5.32 Å². The number of nitrogens with zero attached hydrogens (tertiary/aromatic N) is 2. The average molecular weight is 240 g/mol. The third kappa shape index (κ3) is 1.68. The Morgan fingerprint density at radius 2 is 2.27 bits per heavy atom. The molecule has 0 aliphatic heterocycles. The van der Waals surface area contributed by atoms with Crippen molar-refractivity contribution in [2.24, 2.45) is 0 Å². The maximum Gasteiger partial charge on any atom is 0.225 e. The Morgan fingerprint density at radius 3 is 3.00 bits per heavy atom. The van der Waals surface area contributed by atoms with Gasteiger partial charge < -0.3 is 5.32 Å². The summed E-state index contributed by atoms with van der Waals surface area (Å²) in [4.78, 5) is 9.37. The van der Waals surface area contributed by atoms with Gasteiger partial charge in [0.25, 0.3) is 0 Å². The van der Waals surface area contributed by atoms with E-state index in [4.69, 9.17) is 11.6 Å². The molecule has 0 unspecified atom stereocenters. The fourth-order valence-corrected chi connectivity index (χ4v) is 2.51. The molecule has 0 amide bonds. The number of hydrogen-bond donors (Lipinski definition) is 1. The van der Waals surface area contributed by atoms with Gasteiger partial charge in [0.15, 0.2) is 0 Å². The summed E-state index contributed by atoms with van der Waals surface area (Å²) in [6.07, 6.45) is 2.39. The quantitative estimate of drug-likeness (QED) is 0.817. The second-order valence-electron chi connectivity index (χ2n) is 4.17. The topological polar surface area (TPSA) is 37.8 Å². The summed E-state index contributed by atoms with van der Waals surface area (Å²) in [5.41, 5.74) is 0.215. The molecule has 3 nitrogen and oxygen atoms in total. The molecule has 2 aromatic rings. The van der Waals surface area contributed by atoms with Gasteiger partial charge in [-0.1, -0.05) is 0 Å². The first-order valence-corrected chi connectivity index (χ1v) is 6.11. The van der Waals surface area contributed by atoms with E-state index < -0.39 is 0 Å². The number of nitrogens with one attached hydrogen (secondary N) is 1. The highest BCUT2D eigenvalue weighted by atomic mass is 35.5. The van der Waals surface area contributed by atoms with Gasteiger partial charge in [-0.25, -0.2) is 9.97 Å². The smallest absolute Gasteiger partial charge is 0.225 e. The SMILES string of the molecule is CC1(Nc2nc(Cl)nc3sccc23)CC1. The molecule has 1 N–H and O–H groups in total. The lowest BCUT2D eigenvalue weighted by atomic mass is 10.3. The summed E-state index contributed by atoms with van der Waals surface area (Å²) in [6, 6.07) is 2.03. The van der Waals surface area contributed by atoms with Gasteiger partial charge in [0, 0.05) is 5.54 Å². The van der Waals surface area contributed by atoms with Crippen molar-refractivity contribution in [2.75, 3.05) is 5.32 Å². The molecule has 0 bridgehead atoms. The molecule has 0 radical (unpaired) electrons. The van der Waals surface area contributed by atoms with Crippen LogP contribution in [0.1, 0.15) is 19.8 Å². The molecule has 1 fully saturated rings. The van der Waals surface area contributed by atoms with E-state index in [1.54, 1.807) is 11.3 Å². The number of rotatable bonds is 2. The summed E-state index contributed by atoms with van der Waals surface area (Å²) in [5.74, 6) is 0.867. The van der Waals surface area contributed by atoms with Gasteiger partial charge in [0.1, 0.15) is 10.6 Å². The molecule has 1 saturated carbocycles. The van der Waals surface area contributed by atoms with E-state index >= 15 is 0 Å². The molecule has 2 heterocycles. The van der Waals surface area contributed by atoms with E-state index in [0.29, 0.717) is 5.28 Å². The second kappa shape index (κ2) is 3.06. The van der Waals surface area contributed by atoms with Crippen molar-refractivity contribution in [1.82, 2.24) is 9.97 Å². The van der Waals surface area contributed by atoms with Crippen LogP contribution in [0.5, 0.6) is 0 Å². The normalized spacial score (nSPS) is 18.0. The Balaban J connectivity index is 2.11. The van der Waals surface area contributed by atoms with Crippen molar-refractivity contribution in [3.63, 3.8) is 0 Å². The predicted molar refractivity (Wildman–Crippen MR) is 63.7 cm³/mol. The van der Waals surface area contributed by atoms with Crippen LogP contribution >= 0.6 is 22.9 Å². The standard InChI is InChI=1S/C10H10ClN3S/c1-10(3-4-10)14-7-6-2-5-15-8(6)13-9(11)12-7/h2,5H,3-4H2,1H3,(H,12,13,14). The Bertz CT molecular complexity index is 518. The Morgan fingerprint density at radius 1 is 1.47 bits per heavy atom. The van der Waals surface area contributed by atoms with Gasteiger partial charge in [-0.15, -0.1) is 11.3 Å². The third-order valence-electron chi connectivity index (χ3n) is 2.72. The lowest BCUT2D eigenvalue weighted by Gasteiger charge is -2.12. The largest absolute Gasteiger partial charge is 0.364 e. The number of thiophene rings is 1. The first-order valence-electron chi connectivity index (χ1n) is 4.85. The first-order chi connectivity index (χ1) is 7.16. The fourth-order valence-electron chi connectivity index (χ4n) is 1.52. The zero-order chi connectivity index (χ0) is 10.5. The Hall–Kier alpha value is -0.870. The van der Waals surface area contributed by atoms with Crippen LogP contribution in [0.2, 0.25) is 5.28 Å². The molecule has 0 spiro atoms. The van der Waals surface area contributed by atoms with Crippen LogP contribution in [0.4, 0.5) is 5.82 Å². The molecular weight excluding hydrogens is 230 g/mol. The summed E-state index contributed by atoms with van der Waals surface area (Å²) in [7, 11) is 0. The minimum absolute atomic E-state index is 0.215. The van der Waals surface area contributed by atoms with Gasteiger partial charge in [-0.3, -0.25) is 0 Å². The van der Waals surface area contributed by atoms with Crippen molar-refractivity contribution >= 4 is 39.0 Å². The van der Waals surface area contributed by atoms with E-state index in [1.165, 1.54) is 12.8 Å². The van der Waals surface area contributed by atoms with Crippen LogP contribution in [-0.2, 0) is 0 Å². The molecule has 2 aromatic heterocycles. The van der Waals surface area contributed by atoms with Crippen LogP contribution in [-0.4, -0.2) is 15.5 Å². The third-order valence-corrected chi connectivity index (χ3v) is 3.69. The van der Waals surface area contributed by atoms with Crippen LogP contribution in [0.25, 0.3) is 10.2 Å². The molecule has 0 saturated heterocycles. The number of fused-ring (bicyclic) bond motifs is 1. The van der Waals surface area contributed by atoms with Crippen LogP contribution in [0, 0.1) is 0 Å². The van der Waals surface area contributed by atoms with Crippen molar-refractivity contribution in [3.05, 3.63) is 16.7 Å². The zero-order valence-electron chi connectivity index (χ0n) is 8.25. The van der Waals surface area contributed by atoms with Crippen LogP contribution in [0.3, 0.4) is 0 Å². The van der Waals surface area contributed by atoms with E-state index in [2.05, 4.69) is 22.2 Å². The highest BCUT2D eigenvalue weighted by molar-refractivity contribution is 7.16. The first kappa shape index (κ1) is 9.36. The summed E-state index contributed by atoms with van der Waals surface area (Å²) in [6.45, 7) is 2.20. The predicted octanol–water partition coefficient (Wildman–Crippen LogP) is 3.31. The number of anilines is 1. The van der Waals surface area contributed by atoms with Crippen molar-refractivity contribution in [2.45, 2.75) is 25.3 Å². The molecule has 0 aromatic carbocycles. The molecule has 0 atom stereocenters. The summed E-state index contributed by atoms with van der Waals surface area (Å²) >= 11 is 7.46. The molecule has 3 rings (SSSR count). The summed E-state index contributed by atoms with van der Waals surface area (Å²) in [5, 5.41) is 6.83. The summed E-state index contributed by atoms with van der Waals surface area (Å²) < 4.78 is 0. The van der Waals surface area contributed by atoms with Gasteiger partial charge in [0.05, 0.1) is 5.39 Å². The van der Waals surface area contributed by atoms with E-state index in [9.17, 15) is 0 Å². The minimum Gasteiger partial charge on any atom is -0.364 e. The molecule has 78 valence electrons. The van der Waals surface area contributed by atoms with E-state index in [1.807, 2.05) is 11.4 Å². The Kier molecular flexibility index (Phi) is 1.91. The number of halogens is 1. The Labute approximate surface area is 96.5 Å². The van der Waals surface area contributed by atoms with E-state index in [0.717, 1.165) is 16.0 Å². The molecule has 1 aliphatic carbocycles. The second-order valence-corrected chi connectivity index (χ2v) is 5.40. The van der Waals surface area contributed by atoms with Gasteiger partial charge in [-0.05, 0) is 42.8 Å². The number of aromatic nitrogens is 2. The van der Waals surface area contributed by atoms with Gasteiger partial charge in [-0.2, -0.15) is 0 Å². The maximum absolute atomic E-state index is 5.87. The molecule has 1 aliphatic rings. The highest BCUT2D eigenvalue weighted by Crippen LogP contribution is 2.39. The fraction of sp³-hybridized carbons (Fsp3) is 0.400. The zero-order valence-corrected chi connectivity index (χ0v) is 9.82. The van der Waals surface area contributed by atoms with Gasteiger partial charge in [0.2, 0.25) is 5.28 Å². The minimum atomic E-state index is 0.215. The average Bonchev–Trinajstić information content (AvgIpc) is 2.73. The molecule has 15 heavy (non-hydrogen) atoms. The monoisotopic (exact) mass is 239 g/mol. The number of hydrogen-bond acceptors (Lipinski definition) is 4. The van der Waals surface area contributed by atoms with Crippen molar-refractivity contribution in [3.8, 4) is 0 Å². The van der Waals surface area contributed by atoms with Crippen molar-refractivity contribution in [1.29, 1.82) is 0 Å². The maximum atomic E-state index is 5.87. The van der Waals surface area contributed by atoms with Crippen molar-refractivity contribution < 1.29 is 0 Å². The lowest BCUT2D eigenvalue weighted by Crippen LogP contribution is -2.17. The molecule has 5 heteroatoms.